The molecule has 10 nitrogen and oxygen atoms in total. The van der Waals surface area contributed by atoms with E-state index in [0.717, 1.165) is 7.05 Å². The number of anilines is 2. The van der Waals surface area contributed by atoms with Crippen molar-refractivity contribution in [1.29, 1.82) is 0 Å². The summed E-state index contributed by atoms with van der Waals surface area (Å²) < 4.78 is 58.2. The molecule has 3 N–H and O–H groups in total. The smallest absolute Gasteiger partial charge is 0.406 e. The number of hydrogen-bond donors (Lipinski definition) is 2. The van der Waals surface area contributed by atoms with Crippen molar-refractivity contribution in [2.24, 2.45) is 0 Å². The Morgan fingerprint density at radius 3 is 2.44 bits per heavy atom. The molecule has 39 heavy (non-hydrogen) atoms. The second-order valence-electron chi connectivity index (χ2n) is 8.33. The summed E-state index contributed by atoms with van der Waals surface area (Å²) in [5, 5.41) is 11.0. The van der Waals surface area contributed by atoms with Gasteiger partial charge < -0.3 is 20.7 Å². The first-order valence-corrected chi connectivity index (χ1v) is 11.2. The highest BCUT2D eigenvalue weighted by Gasteiger charge is 2.32. The van der Waals surface area contributed by atoms with Crippen molar-refractivity contribution in [3.63, 3.8) is 0 Å². The van der Waals surface area contributed by atoms with E-state index in [0.29, 0.717) is 38.5 Å². The molecule has 4 rings (SSSR count). The van der Waals surface area contributed by atoms with E-state index in [1.54, 1.807) is 12.1 Å². The lowest BCUT2D eigenvalue weighted by Crippen LogP contribution is -2.36. The van der Waals surface area contributed by atoms with Crippen LogP contribution >= 0.6 is 0 Å². The first-order valence-electron chi connectivity index (χ1n) is 11.2. The van der Waals surface area contributed by atoms with Gasteiger partial charge in [0.25, 0.3) is 11.8 Å². The number of carbonyl (C=O) groups is 2. The van der Waals surface area contributed by atoms with Gasteiger partial charge in [0.1, 0.15) is 29.8 Å². The molecule has 4 aromatic rings. The molecule has 0 atom stereocenters. The molecule has 14 heteroatoms. The average molecular weight is 543 g/mol. The molecule has 0 fully saturated rings. The monoisotopic (exact) mass is 543 g/mol. The summed E-state index contributed by atoms with van der Waals surface area (Å²) >= 11 is 0. The van der Waals surface area contributed by atoms with Crippen LogP contribution < -0.4 is 15.8 Å². The Bertz CT molecular complexity index is 1580. The normalized spacial score (nSPS) is 11.3. The van der Waals surface area contributed by atoms with Gasteiger partial charge in [-0.05, 0) is 29.8 Å². The molecule has 0 unspecified atom stereocenters. The van der Waals surface area contributed by atoms with Gasteiger partial charge in [-0.15, -0.1) is 14.8 Å². The molecule has 0 spiro atoms. The summed E-state index contributed by atoms with van der Waals surface area (Å²) in [6.07, 6.45) is -3.36. The van der Waals surface area contributed by atoms with Crippen LogP contribution in [-0.2, 0) is 4.79 Å². The highest BCUT2D eigenvalue weighted by atomic mass is 19.4. The molecule has 0 radical (unpaired) electrons. The van der Waals surface area contributed by atoms with Crippen LogP contribution in [0, 0.1) is 0 Å². The van der Waals surface area contributed by atoms with Crippen LogP contribution in [-0.4, -0.2) is 63.4 Å². The van der Waals surface area contributed by atoms with E-state index < -0.39 is 30.4 Å². The summed E-state index contributed by atoms with van der Waals surface area (Å²) in [6.45, 7) is 1.52. The highest BCUT2D eigenvalue weighted by Crippen LogP contribution is 2.39. The molecule has 0 bridgehead atoms. The summed E-state index contributed by atoms with van der Waals surface area (Å²) in [5.74, 6) is -2.89. The van der Waals surface area contributed by atoms with E-state index in [1.165, 1.54) is 48.4 Å². The number of nitrogens with two attached hydrogens (primary N) is 1. The van der Waals surface area contributed by atoms with Crippen LogP contribution in [0.5, 0.6) is 5.75 Å². The molecular formula is C25H21F4N7O3. The minimum Gasteiger partial charge on any atom is -0.496 e. The Morgan fingerprint density at radius 2 is 1.82 bits per heavy atom. The Morgan fingerprint density at radius 1 is 1.15 bits per heavy atom. The van der Waals surface area contributed by atoms with Crippen molar-refractivity contribution in [3.05, 3.63) is 66.8 Å². The lowest BCUT2D eigenvalue weighted by molar-refractivity contribution is -0.138. The number of fused-ring (bicyclic) bond motifs is 1. The van der Waals surface area contributed by atoms with E-state index in [1.807, 2.05) is 0 Å². The number of methoxy groups -OCH3 is 1. The first kappa shape index (κ1) is 27.0. The summed E-state index contributed by atoms with van der Waals surface area (Å²) in [6, 6.07) is 10.6. The molecule has 0 aliphatic heterocycles. The molecule has 2 aromatic carbocycles. The predicted molar refractivity (Wildman–Crippen MR) is 135 cm³/mol. The van der Waals surface area contributed by atoms with E-state index in [4.69, 9.17) is 10.5 Å². The quantitative estimate of drug-likeness (QED) is 0.265. The maximum absolute atomic E-state index is 13.1. The van der Waals surface area contributed by atoms with Gasteiger partial charge in [-0.25, -0.2) is 9.37 Å². The number of ether oxygens (including phenoxy) is 1. The molecule has 2 amide bonds. The number of carbonyl (C=O) groups excluding carboxylic acids is 2. The zero-order valence-electron chi connectivity index (χ0n) is 20.6. The number of amides is 2. The number of rotatable bonds is 7. The number of nitrogens with one attached hydrogen (secondary N) is 1. The molecule has 0 saturated heterocycles. The molecule has 0 aliphatic rings. The zero-order chi connectivity index (χ0) is 28.5. The largest absolute Gasteiger partial charge is 0.496 e. The number of hydrogen-bond acceptors (Lipinski definition) is 7. The van der Waals surface area contributed by atoms with E-state index in [-0.39, 0.29) is 17.1 Å². The zero-order valence-corrected chi connectivity index (χ0v) is 20.6. The number of alkyl halides is 3. The van der Waals surface area contributed by atoms with Gasteiger partial charge in [0.2, 0.25) is 0 Å². The van der Waals surface area contributed by atoms with Crippen molar-refractivity contribution in [2.45, 2.75) is 6.18 Å². The van der Waals surface area contributed by atoms with Crippen LogP contribution in [0.2, 0.25) is 0 Å². The van der Waals surface area contributed by atoms with Gasteiger partial charge >= 0.3 is 6.18 Å². The second kappa shape index (κ2) is 10.4. The fraction of sp³-hybridized carbons (Fsp3) is 0.160. The van der Waals surface area contributed by atoms with Crippen molar-refractivity contribution >= 4 is 28.8 Å². The van der Waals surface area contributed by atoms with Gasteiger partial charge in [-0.1, -0.05) is 24.8 Å². The summed E-state index contributed by atoms with van der Waals surface area (Å²) in [5.41, 5.74) is 8.53. The Kier molecular flexibility index (Phi) is 7.21. The van der Waals surface area contributed by atoms with Crippen LogP contribution in [0.3, 0.4) is 0 Å². The molecule has 0 saturated carbocycles. The van der Waals surface area contributed by atoms with Crippen molar-refractivity contribution in [3.8, 4) is 28.1 Å². The number of nitrogen functional groups attached to an aromatic ring is 1. The van der Waals surface area contributed by atoms with Gasteiger partial charge in [0, 0.05) is 23.9 Å². The lowest BCUT2D eigenvalue weighted by atomic mass is 9.98. The van der Waals surface area contributed by atoms with Crippen molar-refractivity contribution in [1.82, 2.24) is 24.7 Å². The number of aromatic nitrogens is 4. The fourth-order valence-corrected chi connectivity index (χ4v) is 3.87. The first-order chi connectivity index (χ1) is 18.4. The third-order valence-corrected chi connectivity index (χ3v) is 5.62. The fourth-order valence-electron chi connectivity index (χ4n) is 3.87. The van der Waals surface area contributed by atoms with Crippen molar-refractivity contribution in [2.75, 3.05) is 31.8 Å². The van der Waals surface area contributed by atoms with Gasteiger partial charge in [0.05, 0.1) is 12.7 Å². The molecule has 2 aromatic heterocycles. The number of nitrogens with zero attached hydrogens (tertiary/aromatic N) is 5. The van der Waals surface area contributed by atoms with E-state index in [2.05, 4.69) is 27.1 Å². The Hall–Kier alpha value is -5.01. The Labute approximate surface area is 218 Å². The van der Waals surface area contributed by atoms with Gasteiger partial charge in [-0.2, -0.15) is 13.2 Å². The van der Waals surface area contributed by atoms with Crippen LogP contribution in [0.25, 0.3) is 27.9 Å². The Balaban J connectivity index is 1.81. The minimum absolute atomic E-state index is 0.0248. The third kappa shape index (κ3) is 5.63. The van der Waals surface area contributed by atoms with Gasteiger partial charge in [0.15, 0.2) is 11.6 Å². The minimum atomic E-state index is -4.57. The molecule has 0 aliphatic carbocycles. The molecule has 202 valence electrons. The van der Waals surface area contributed by atoms with Crippen LogP contribution in [0.15, 0.2) is 61.2 Å². The summed E-state index contributed by atoms with van der Waals surface area (Å²) in [4.78, 5) is 28.9. The highest BCUT2D eigenvalue weighted by molar-refractivity contribution is 6.02. The maximum atomic E-state index is 13.1. The number of halogens is 4. The van der Waals surface area contributed by atoms with Crippen molar-refractivity contribution < 1.29 is 31.9 Å². The van der Waals surface area contributed by atoms with Crippen LogP contribution in [0.4, 0.5) is 29.1 Å². The average Bonchev–Trinajstić information content (AvgIpc) is 3.28. The van der Waals surface area contributed by atoms with E-state index >= 15 is 0 Å². The van der Waals surface area contributed by atoms with Crippen LogP contribution in [0.1, 0.15) is 10.4 Å². The maximum Gasteiger partial charge on any atom is 0.406 e. The molecule has 2 heterocycles. The third-order valence-electron chi connectivity index (χ3n) is 5.62. The molecular weight excluding hydrogens is 522 g/mol. The van der Waals surface area contributed by atoms with Gasteiger partial charge in [-0.3, -0.25) is 9.59 Å². The number of benzene rings is 2. The second-order valence-corrected chi connectivity index (χ2v) is 8.33. The summed E-state index contributed by atoms with van der Waals surface area (Å²) in [7, 11) is 2.33. The SMILES string of the molecule is C=C(F)C(=O)Nc1ccc(-c2nn3ncnc(N)c3c2-c2ccc(C(=O)N(C)CC(F)(F)F)c(OC)c2)cc1. The van der Waals surface area contributed by atoms with E-state index in [9.17, 15) is 27.2 Å². The predicted octanol–water partition coefficient (Wildman–Crippen LogP) is 4.11. The standard InChI is InChI=1S/C25H21F4N7O3/c1-13(26)23(37)33-16-7-4-14(5-8-16)20-19(21-22(30)31-12-32-36(21)34-20)15-6-9-17(18(10-15)39-3)24(38)35(2)11-25(27,28)29/h4-10,12H,1,11H2,2-3H3,(H,33,37)(H2,30,31,32). The topological polar surface area (TPSA) is 128 Å². The lowest BCUT2D eigenvalue weighted by Gasteiger charge is -2.20.